The van der Waals surface area contributed by atoms with Gasteiger partial charge in [0.05, 0.1) is 10.9 Å². The third kappa shape index (κ3) is 2.42. The molecule has 92 valence electrons. The van der Waals surface area contributed by atoms with Gasteiger partial charge in [-0.2, -0.15) is 26.3 Å². The molecule has 0 spiro atoms. The van der Waals surface area contributed by atoms with Crippen LogP contribution in [0.25, 0.3) is 0 Å². The Kier molecular flexibility index (Phi) is 2.96. The first kappa shape index (κ1) is 13.6. The average molecular weight is 262 g/mol. The van der Waals surface area contributed by atoms with Gasteiger partial charge in [-0.05, 0) is 10.7 Å². The minimum atomic E-state index is -4.93. The fourth-order valence-electron chi connectivity index (χ4n) is 1.30. The van der Waals surface area contributed by atoms with Crippen LogP contribution in [0, 0.1) is 5.41 Å². The Morgan fingerprint density at radius 2 is 1.25 bits per heavy atom. The largest absolute Gasteiger partial charge is 0.421 e. The monoisotopic (exact) mass is 262 g/mol. The molecule has 0 aliphatic carbocycles. The fraction of sp³-hybridized carbons (Fsp3) is 0.667. The highest BCUT2D eigenvalue weighted by atomic mass is 31.1. The Hall–Kier alpha value is -0.510. The second kappa shape index (κ2) is 3.49. The molecule has 0 aromatic heterocycles. The molecule has 1 aliphatic heterocycles. The highest BCUT2D eigenvalue weighted by molar-refractivity contribution is 7.49. The highest BCUT2D eigenvalue weighted by Crippen LogP contribution is 2.53. The Labute approximate surface area is 90.1 Å². The SMILES string of the molecule is CC(C)(C)C1=PC(C(F)(F)F)=C1C(F)(F)F. The van der Waals surface area contributed by atoms with Crippen molar-refractivity contribution >= 4 is 13.5 Å². The van der Waals surface area contributed by atoms with E-state index in [9.17, 15) is 26.3 Å². The van der Waals surface area contributed by atoms with Crippen molar-refractivity contribution < 1.29 is 26.3 Å². The van der Waals surface area contributed by atoms with Crippen LogP contribution in [0.3, 0.4) is 0 Å². The number of halogens is 6. The predicted molar refractivity (Wildman–Crippen MR) is 50.5 cm³/mol. The minimum absolute atomic E-state index is 0.202. The molecule has 0 unspecified atom stereocenters. The lowest BCUT2D eigenvalue weighted by atomic mass is 9.86. The summed E-state index contributed by atoms with van der Waals surface area (Å²) >= 11 is 0. The lowest BCUT2D eigenvalue weighted by Gasteiger charge is -2.34. The Balaban J connectivity index is 3.20. The average Bonchev–Trinajstić information content (AvgIpc) is 1.68. The van der Waals surface area contributed by atoms with Crippen molar-refractivity contribution in [2.75, 3.05) is 0 Å². The van der Waals surface area contributed by atoms with Gasteiger partial charge in [-0.3, -0.25) is 0 Å². The molecule has 16 heavy (non-hydrogen) atoms. The van der Waals surface area contributed by atoms with E-state index in [1.165, 1.54) is 20.8 Å². The van der Waals surface area contributed by atoms with Gasteiger partial charge in [-0.1, -0.05) is 29.0 Å². The van der Waals surface area contributed by atoms with Crippen LogP contribution in [0.15, 0.2) is 10.9 Å². The summed E-state index contributed by atoms with van der Waals surface area (Å²) in [5, 5.41) is -1.68. The molecule has 0 bridgehead atoms. The number of alkyl halides is 6. The standard InChI is InChI=1S/C9H9F6P/c1-7(2,3)5-4(8(10,11)12)6(16-5)9(13,14)15/h1-3H3. The van der Waals surface area contributed by atoms with E-state index in [1.54, 1.807) is 0 Å². The number of hydrogen-bond donors (Lipinski definition) is 0. The maximum absolute atomic E-state index is 12.5. The number of hydrogen-bond acceptors (Lipinski definition) is 0. The molecule has 7 heteroatoms. The van der Waals surface area contributed by atoms with Crippen LogP contribution in [-0.2, 0) is 0 Å². The Bertz CT molecular complexity index is 363. The van der Waals surface area contributed by atoms with E-state index in [1.807, 2.05) is 0 Å². The van der Waals surface area contributed by atoms with Crippen molar-refractivity contribution in [1.29, 1.82) is 0 Å². The smallest absolute Gasteiger partial charge is 0.166 e. The molecule has 1 rings (SSSR count). The zero-order chi connectivity index (χ0) is 12.9. The third-order valence-corrected chi connectivity index (χ3v) is 3.78. The summed E-state index contributed by atoms with van der Waals surface area (Å²) in [4.78, 5) is 0. The number of allylic oxidation sites excluding steroid dienone is 2. The molecule has 0 saturated carbocycles. The first-order valence-electron chi connectivity index (χ1n) is 4.33. The molecule has 0 aromatic carbocycles. The van der Waals surface area contributed by atoms with Gasteiger partial charge in [-0.15, -0.1) is 0 Å². The van der Waals surface area contributed by atoms with E-state index < -0.39 is 28.7 Å². The van der Waals surface area contributed by atoms with Crippen LogP contribution < -0.4 is 0 Å². The van der Waals surface area contributed by atoms with Crippen molar-refractivity contribution in [3.05, 3.63) is 10.9 Å². The van der Waals surface area contributed by atoms with Gasteiger partial charge in [0.15, 0.2) is 0 Å². The maximum atomic E-state index is 12.5. The minimum Gasteiger partial charge on any atom is -0.166 e. The Morgan fingerprint density at radius 1 is 0.812 bits per heavy atom. The molecule has 0 amide bonds. The van der Waals surface area contributed by atoms with Gasteiger partial charge in [-0.25, -0.2) is 0 Å². The normalized spacial score (nSPS) is 19.4. The summed E-state index contributed by atoms with van der Waals surface area (Å²) in [7, 11) is -0.358. The van der Waals surface area contributed by atoms with Crippen LogP contribution in [0.5, 0.6) is 0 Å². The van der Waals surface area contributed by atoms with Crippen LogP contribution in [0.2, 0.25) is 0 Å². The van der Waals surface area contributed by atoms with E-state index >= 15 is 0 Å². The summed E-state index contributed by atoms with van der Waals surface area (Å²) in [5.41, 5.74) is -2.39. The summed E-state index contributed by atoms with van der Waals surface area (Å²) in [6.07, 6.45) is -9.83. The van der Waals surface area contributed by atoms with E-state index in [0.717, 1.165) is 0 Å². The van der Waals surface area contributed by atoms with E-state index in [4.69, 9.17) is 0 Å². The quantitative estimate of drug-likeness (QED) is 0.444. The molecule has 0 saturated heterocycles. The van der Waals surface area contributed by atoms with Crippen LogP contribution in [0.1, 0.15) is 20.8 Å². The zero-order valence-electron chi connectivity index (χ0n) is 8.72. The number of rotatable bonds is 0. The molecule has 1 heterocycles. The molecule has 0 aromatic rings. The van der Waals surface area contributed by atoms with Crippen molar-refractivity contribution in [2.45, 2.75) is 33.1 Å². The van der Waals surface area contributed by atoms with Gasteiger partial charge in [0.1, 0.15) is 0 Å². The summed E-state index contributed by atoms with van der Waals surface area (Å²) in [6, 6.07) is 0. The molecule has 0 atom stereocenters. The van der Waals surface area contributed by atoms with Crippen LogP contribution in [0.4, 0.5) is 26.3 Å². The van der Waals surface area contributed by atoms with Crippen molar-refractivity contribution in [1.82, 2.24) is 0 Å². The molecule has 0 N–H and O–H groups in total. The fourth-order valence-corrected chi connectivity index (χ4v) is 2.52. The lowest BCUT2D eigenvalue weighted by Crippen LogP contribution is -2.36. The predicted octanol–water partition coefficient (Wildman–Crippen LogP) is 4.54. The first-order valence-corrected chi connectivity index (χ1v) is 5.23. The van der Waals surface area contributed by atoms with Crippen molar-refractivity contribution in [3.63, 3.8) is 0 Å². The molecule has 1 aliphatic rings. The van der Waals surface area contributed by atoms with Gasteiger partial charge in [0.2, 0.25) is 0 Å². The van der Waals surface area contributed by atoms with E-state index in [2.05, 4.69) is 0 Å². The molecular weight excluding hydrogens is 253 g/mol. The van der Waals surface area contributed by atoms with Gasteiger partial charge >= 0.3 is 12.4 Å². The maximum Gasteiger partial charge on any atom is 0.421 e. The molecule has 0 nitrogen and oxygen atoms in total. The summed E-state index contributed by atoms with van der Waals surface area (Å²) in [5.74, 6) is 0. The topological polar surface area (TPSA) is 0 Å². The van der Waals surface area contributed by atoms with Gasteiger partial charge < -0.3 is 0 Å². The third-order valence-electron chi connectivity index (χ3n) is 1.96. The second-order valence-corrected chi connectivity index (χ2v) is 5.55. The van der Waals surface area contributed by atoms with Crippen LogP contribution in [-0.4, -0.2) is 17.6 Å². The van der Waals surface area contributed by atoms with Gasteiger partial charge in [0, 0.05) is 0 Å². The second-order valence-electron chi connectivity index (χ2n) is 4.43. The Morgan fingerprint density at radius 3 is 1.50 bits per heavy atom. The van der Waals surface area contributed by atoms with E-state index in [0.29, 0.717) is 0 Å². The molecule has 0 radical (unpaired) electrons. The first-order chi connectivity index (χ1) is 6.85. The highest BCUT2D eigenvalue weighted by Gasteiger charge is 2.53. The van der Waals surface area contributed by atoms with Crippen molar-refractivity contribution in [2.24, 2.45) is 5.41 Å². The zero-order valence-corrected chi connectivity index (χ0v) is 9.61. The summed E-state index contributed by atoms with van der Waals surface area (Å²) in [6.45, 7) is 4.40. The lowest BCUT2D eigenvalue weighted by molar-refractivity contribution is -0.107. The molecular formula is C9H9F6P. The van der Waals surface area contributed by atoms with E-state index in [-0.39, 0.29) is 13.5 Å². The van der Waals surface area contributed by atoms with Gasteiger partial charge in [0.25, 0.3) is 0 Å². The molecule has 0 fully saturated rings. The van der Waals surface area contributed by atoms with Crippen molar-refractivity contribution in [3.8, 4) is 0 Å². The van der Waals surface area contributed by atoms with Crippen LogP contribution >= 0.6 is 8.20 Å². The summed E-state index contributed by atoms with van der Waals surface area (Å²) < 4.78 is 74.2.